The number of hydrogen-bond acceptors (Lipinski definition) is 4. The SMILES string of the molecule is Cc1cc(Br)cc(S(=O)(=O)NCCCCNC(=O)OC(C)(C)C)c1. The molecule has 0 aromatic heterocycles. The number of carbonyl (C=O) groups is 1. The Morgan fingerprint density at radius 2 is 1.79 bits per heavy atom. The minimum absolute atomic E-state index is 0.237. The van der Waals surface area contributed by atoms with Crippen LogP contribution in [0.15, 0.2) is 27.6 Å². The van der Waals surface area contributed by atoms with Gasteiger partial charge in [0.2, 0.25) is 10.0 Å². The van der Waals surface area contributed by atoms with Gasteiger partial charge in [0.25, 0.3) is 0 Å². The first-order chi connectivity index (χ1) is 11.0. The van der Waals surface area contributed by atoms with Gasteiger partial charge in [0.15, 0.2) is 0 Å². The number of sulfonamides is 1. The van der Waals surface area contributed by atoms with Crippen LogP contribution in [0.2, 0.25) is 0 Å². The standard InChI is InChI=1S/C16H25BrN2O4S/c1-12-9-13(17)11-14(10-12)24(21,22)19-8-6-5-7-18-15(20)23-16(2,3)4/h9-11,19H,5-8H2,1-4H3,(H,18,20). The van der Waals surface area contributed by atoms with Gasteiger partial charge >= 0.3 is 6.09 Å². The zero-order valence-electron chi connectivity index (χ0n) is 14.5. The van der Waals surface area contributed by atoms with E-state index in [-0.39, 0.29) is 4.90 Å². The third kappa shape index (κ3) is 8.12. The van der Waals surface area contributed by atoms with Crippen molar-refractivity contribution in [1.29, 1.82) is 0 Å². The second-order valence-electron chi connectivity index (χ2n) is 6.50. The highest BCUT2D eigenvalue weighted by molar-refractivity contribution is 9.10. The Morgan fingerprint density at radius 3 is 2.38 bits per heavy atom. The maximum Gasteiger partial charge on any atom is 0.407 e. The monoisotopic (exact) mass is 420 g/mol. The molecule has 136 valence electrons. The lowest BCUT2D eigenvalue weighted by molar-refractivity contribution is 0.0527. The number of benzene rings is 1. The minimum atomic E-state index is -3.52. The van der Waals surface area contributed by atoms with E-state index in [9.17, 15) is 13.2 Å². The first-order valence-corrected chi connectivity index (χ1v) is 10.0. The molecule has 0 spiro atoms. The molecular weight excluding hydrogens is 396 g/mol. The van der Waals surface area contributed by atoms with Gasteiger partial charge in [-0.1, -0.05) is 15.9 Å². The predicted molar refractivity (Wildman–Crippen MR) is 97.5 cm³/mol. The van der Waals surface area contributed by atoms with Gasteiger partial charge in [-0.15, -0.1) is 0 Å². The molecule has 0 atom stereocenters. The molecule has 1 rings (SSSR count). The molecule has 0 bridgehead atoms. The fourth-order valence-electron chi connectivity index (χ4n) is 1.90. The molecule has 1 aromatic rings. The molecule has 0 unspecified atom stereocenters. The van der Waals surface area contributed by atoms with Crippen molar-refractivity contribution < 1.29 is 17.9 Å². The summed E-state index contributed by atoms with van der Waals surface area (Å²) in [6.45, 7) is 7.98. The van der Waals surface area contributed by atoms with Crippen LogP contribution < -0.4 is 10.0 Å². The van der Waals surface area contributed by atoms with Crippen LogP contribution in [-0.4, -0.2) is 33.2 Å². The summed E-state index contributed by atoms with van der Waals surface area (Å²) in [4.78, 5) is 11.7. The molecule has 0 fully saturated rings. The Kier molecular flexibility index (Phi) is 7.69. The van der Waals surface area contributed by atoms with Crippen LogP contribution in [0.1, 0.15) is 39.2 Å². The smallest absolute Gasteiger partial charge is 0.407 e. The molecule has 8 heteroatoms. The molecule has 0 aliphatic heterocycles. The summed E-state index contributed by atoms with van der Waals surface area (Å²) in [5.41, 5.74) is 0.341. The highest BCUT2D eigenvalue weighted by atomic mass is 79.9. The number of aryl methyl sites for hydroxylation is 1. The van der Waals surface area contributed by atoms with E-state index < -0.39 is 21.7 Å². The van der Waals surface area contributed by atoms with Crippen LogP contribution in [0, 0.1) is 6.92 Å². The van der Waals surface area contributed by atoms with Crippen molar-refractivity contribution >= 4 is 32.0 Å². The number of alkyl carbamates (subject to hydrolysis) is 1. The first-order valence-electron chi connectivity index (χ1n) is 7.73. The molecule has 2 N–H and O–H groups in total. The van der Waals surface area contributed by atoms with Crippen molar-refractivity contribution in [3.8, 4) is 0 Å². The van der Waals surface area contributed by atoms with E-state index in [2.05, 4.69) is 26.0 Å². The van der Waals surface area contributed by atoms with Crippen molar-refractivity contribution in [1.82, 2.24) is 10.0 Å². The molecule has 24 heavy (non-hydrogen) atoms. The van der Waals surface area contributed by atoms with E-state index in [1.807, 2.05) is 13.0 Å². The summed E-state index contributed by atoms with van der Waals surface area (Å²) < 4.78 is 32.8. The Morgan fingerprint density at radius 1 is 1.17 bits per heavy atom. The van der Waals surface area contributed by atoms with Gasteiger partial charge in [-0.25, -0.2) is 17.9 Å². The summed E-state index contributed by atoms with van der Waals surface area (Å²) in [5.74, 6) is 0. The van der Waals surface area contributed by atoms with Crippen LogP contribution in [-0.2, 0) is 14.8 Å². The maximum atomic E-state index is 12.2. The number of carbonyl (C=O) groups excluding carboxylic acids is 1. The zero-order chi connectivity index (χ0) is 18.4. The van der Waals surface area contributed by atoms with Gasteiger partial charge in [-0.05, 0) is 64.3 Å². The Balaban J connectivity index is 2.33. The molecule has 1 amide bonds. The van der Waals surface area contributed by atoms with Crippen LogP contribution in [0.5, 0.6) is 0 Å². The third-order valence-electron chi connectivity index (χ3n) is 2.89. The number of halogens is 1. The maximum absolute atomic E-state index is 12.2. The molecular formula is C16H25BrN2O4S. The Labute approximate surface area is 152 Å². The van der Waals surface area contributed by atoms with Crippen LogP contribution in [0.3, 0.4) is 0 Å². The van der Waals surface area contributed by atoms with E-state index in [4.69, 9.17) is 4.74 Å². The molecule has 0 saturated heterocycles. The van der Waals surface area contributed by atoms with E-state index in [0.29, 0.717) is 25.9 Å². The normalized spacial score (nSPS) is 12.0. The molecule has 0 radical (unpaired) electrons. The van der Waals surface area contributed by atoms with Gasteiger partial charge in [0, 0.05) is 17.6 Å². The van der Waals surface area contributed by atoms with Crippen LogP contribution in [0.4, 0.5) is 4.79 Å². The molecule has 0 saturated carbocycles. The quantitative estimate of drug-likeness (QED) is 0.662. The Bertz CT molecular complexity index is 649. The van der Waals surface area contributed by atoms with Crippen molar-refractivity contribution in [2.24, 2.45) is 0 Å². The fourth-order valence-corrected chi connectivity index (χ4v) is 3.86. The van der Waals surface area contributed by atoms with Gasteiger partial charge < -0.3 is 10.1 Å². The summed E-state index contributed by atoms with van der Waals surface area (Å²) in [7, 11) is -3.52. The lowest BCUT2D eigenvalue weighted by Gasteiger charge is -2.19. The minimum Gasteiger partial charge on any atom is -0.444 e. The number of hydrogen-bond donors (Lipinski definition) is 2. The lowest BCUT2D eigenvalue weighted by Crippen LogP contribution is -2.33. The van der Waals surface area contributed by atoms with Crippen molar-refractivity contribution in [2.75, 3.05) is 13.1 Å². The van der Waals surface area contributed by atoms with Gasteiger partial charge in [-0.3, -0.25) is 0 Å². The van der Waals surface area contributed by atoms with Crippen LogP contribution in [0.25, 0.3) is 0 Å². The number of amides is 1. The number of nitrogens with one attached hydrogen (secondary N) is 2. The number of ether oxygens (including phenoxy) is 1. The predicted octanol–water partition coefficient (Wildman–Crippen LogP) is 3.34. The first kappa shape index (κ1) is 20.9. The molecule has 1 aromatic carbocycles. The van der Waals surface area contributed by atoms with E-state index >= 15 is 0 Å². The van der Waals surface area contributed by atoms with Crippen molar-refractivity contribution in [3.05, 3.63) is 28.2 Å². The van der Waals surface area contributed by atoms with Gasteiger partial charge in [0.1, 0.15) is 5.60 Å². The molecule has 0 aliphatic rings. The number of unbranched alkanes of at least 4 members (excludes halogenated alkanes) is 1. The average molecular weight is 421 g/mol. The average Bonchev–Trinajstić information content (AvgIpc) is 2.39. The molecule has 0 aliphatic carbocycles. The zero-order valence-corrected chi connectivity index (χ0v) is 16.9. The molecule has 6 nitrogen and oxygen atoms in total. The topological polar surface area (TPSA) is 84.5 Å². The molecule has 0 heterocycles. The largest absolute Gasteiger partial charge is 0.444 e. The van der Waals surface area contributed by atoms with Crippen molar-refractivity contribution in [3.63, 3.8) is 0 Å². The fraction of sp³-hybridized carbons (Fsp3) is 0.562. The number of rotatable bonds is 7. The Hall–Kier alpha value is -1.12. The summed E-state index contributed by atoms with van der Waals surface area (Å²) in [5, 5.41) is 2.64. The highest BCUT2D eigenvalue weighted by Gasteiger charge is 2.16. The van der Waals surface area contributed by atoms with E-state index in [0.717, 1.165) is 10.0 Å². The highest BCUT2D eigenvalue weighted by Crippen LogP contribution is 2.19. The summed E-state index contributed by atoms with van der Waals surface area (Å²) in [6.07, 6.45) is 0.800. The van der Waals surface area contributed by atoms with Crippen LogP contribution >= 0.6 is 15.9 Å². The lowest BCUT2D eigenvalue weighted by atomic mass is 10.2. The van der Waals surface area contributed by atoms with E-state index in [1.165, 1.54) is 0 Å². The summed E-state index contributed by atoms with van der Waals surface area (Å²) in [6, 6.07) is 5.04. The second kappa shape index (κ2) is 8.82. The summed E-state index contributed by atoms with van der Waals surface area (Å²) >= 11 is 3.30. The van der Waals surface area contributed by atoms with Gasteiger partial charge in [0.05, 0.1) is 4.90 Å². The second-order valence-corrected chi connectivity index (χ2v) is 9.18. The van der Waals surface area contributed by atoms with E-state index in [1.54, 1.807) is 32.9 Å². The third-order valence-corrected chi connectivity index (χ3v) is 4.79. The van der Waals surface area contributed by atoms with Gasteiger partial charge in [-0.2, -0.15) is 0 Å². The van der Waals surface area contributed by atoms with Crippen molar-refractivity contribution in [2.45, 2.75) is 51.0 Å².